The maximum atomic E-state index is 10.7. The molecule has 2 N–H and O–H groups in total. The van der Waals surface area contributed by atoms with Crippen molar-refractivity contribution < 1.29 is 9.84 Å². The number of piperazine rings is 1. The van der Waals surface area contributed by atoms with Crippen LogP contribution in [0.3, 0.4) is 0 Å². The zero-order chi connectivity index (χ0) is 16.1. The zero-order valence-corrected chi connectivity index (χ0v) is 14.3. The van der Waals surface area contributed by atoms with Crippen molar-refractivity contribution in [2.75, 3.05) is 39.8 Å². The Morgan fingerprint density at radius 1 is 1.23 bits per heavy atom. The van der Waals surface area contributed by atoms with Gasteiger partial charge in [-0.1, -0.05) is 26.8 Å². The van der Waals surface area contributed by atoms with Gasteiger partial charge in [0.25, 0.3) is 0 Å². The van der Waals surface area contributed by atoms with Crippen molar-refractivity contribution in [1.82, 2.24) is 10.2 Å². The fourth-order valence-electron chi connectivity index (χ4n) is 3.12. The van der Waals surface area contributed by atoms with E-state index in [0.717, 1.165) is 49.6 Å². The van der Waals surface area contributed by atoms with Gasteiger partial charge in [-0.25, -0.2) is 0 Å². The third-order valence-corrected chi connectivity index (χ3v) is 4.51. The lowest BCUT2D eigenvalue weighted by atomic mass is 9.92. The van der Waals surface area contributed by atoms with Gasteiger partial charge in [-0.05, 0) is 35.1 Å². The number of methoxy groups -OCH3 is 1. The second-order valence-corrected chi connectivity index (χ2v) is 6.63. The summed E-state index contributed by atoms with van der Waals surface area (Å²) in [6, 6.07) is 6.07. The molecule has 2 unspecified atom stereocenters. The van der Waals surface area contributed by atoms with Crippen molar-refractivity contribution in [2.24, 2.45) is 5.92 Å². The Hall–Kier alpha value is -1.10. The maximum Gasteiger partial charge on any atom is 0.122 e. The number of aliphatic hydroxyl groups is 1. The first-order valence-electron chi connectivity index (χ1n) is 8.32. The van der Waals surface area contributed by atoms with Crippen LogP contribution in [0.4, 0.5) is 0 Å². The van der Waals surface area contributed by atoms with Crippen molar-refractivity contribution in [3.63, 3.8) is 0 Å². The summed E-state index contributed by atoms with van der Waals surface area (Å²) < 4.78 is 5.43. The molecule has 1 heterocycles. The van der Waals surface area contributed by atoms with E-state index in [1.165, 1.54) is 0 Å². The number of benzene rings is 1. The molecular weight excluding hydrogens is 276 g/mol. The largest absolute Gasteiger partial charge is 0.496 e. The molecular formula is C18H30N2O2. The molecule has 0 aromatic heterocycles. The molecule has 0 spiro atoms. The number of hydrogen-bond acceptors (Lipinski definition) is 4. The maximum absolute atomic E-state index is 10.7. The van der Waals surface area contributed by atoms with E-state index in [4.69, 9.17) is 4.74 Å². The van der Waals surface area contributed by atoms with E-state index >= 15 is 0 Å². The summed E-state index contributed by atoms with van der Waals surface area (Å²) in [7, 11) is 1.70. The molecule has 0 amide bonds. The van der Waals surface area contributed by atoms with Gasteiger partial charge < -0.3 is 20.1 Å². The number of rotatable bonds is 6. The molecule has 2 rings (SSSR count). The molecule has 2 atom stereocenters. The van der Waals surface area contributed by atoms with Crippen LogP contribution in [0.15, 0.2) is 18.2 Å². The minimum atomic E-state index is -0.432. The Labute approximate surface area is 134 Å². The topological polar surface area (TPSA) is 44.7 Å². The molecule has 1 aliphatic heterocycles. The van der Waals surface area contributed by atoms with Gasteiger partial charge in [0.15, 0.2) is 0 Å². The minimum Gasteiger partial charge on any atom is -0.496 e. The highest BCUT2D eigenvalue weighted by molar-refractivity contribution is 5.40. The van der Waals surface area contributed by atoms with E-state index in [2.05, 4.69) is 37.1 Å². The van der Waals surface area contributed by atoms with Gasteiger partial charge in [-0.15, -0.1) is 0 Å². The first kappa shape index (κ1) is 17.3. The average molecular weight is 306 g/mol. The van der Waals surface area contributed by atoms with Crippen molar-refractivity contribution in [2.45, 2.75) is 32.8 Å². The van der Waals surface area contributed by atoms with Gasteiger partial charge in [-0.2, -0.15) is 0 Å². The number of nitrogens with one attached hydrogen (secondary N) is 1. The molecule has 1 fully saturated rings. The summed E-state index contributed by atoms with van der Waals surface area (Å²) in [4.78, 5) is 2.43. The summed E-state index contributed by atoms with van der Waals surface area (Å²) in [5, 5.41) is 14.1. The summed E-state index contributed by atoms with van der Waals surface area (Å²) >= 11 is 0. The Morgan fingerprint density at radius 3 is 2.50 bits per heavy atom. The van der Waals surface area contributed by atoms with Crippen LogP contribution in [-0.2, 0) is 0 Å². The van der Waals surface area contributed by atoms with Crippen LogP contribution in [0.5, 0.6) is 5.75 Å². The standard InChI is InChI=1S/C18H30N2O2/c1-13(2)16-11-15(5-6-17(16)22-4)18(21)14(3)12-20-9-7-19-8-10-20/h5-6,11,13-14,18-19,21H,7-10,12H2,1-4H3. The monoisotopic (exact) mass is 306 g/mol. The second kappa shape index (κ2) is 7.95. The highest BCUT2D eigenvalue weighted by atomic mass is 16.5. The minimum absolute atomic E-state index is 0.214. The smallest absolute Gasteiger partial charge is 0.122 e. The third-order valence-electron chi connectivity index (χ3n) is 4.51. The number of hydrogen-bond donors (Lipinski definition) is 2. The molecule has 1 aliphatic rings. The zero-order valence-electron chi connectivity index (χ0n) is 14.3. The molecule has 1 saturated heterocycles. The average Bonchev–Trinajstić information content (AvgIpc) is 2.54. The molecule has 0 saturated carbocycles. The fourth-order valence-corrected chi connectivity index (χ4v) is 3.12. The van der Waals surface area contributed by atoms with Crippen LogP contribution in [-0.4, -0.2) is 49.8 Å². The first-order valence-corrected chi connectivity index (χ1v) is 8.32. The van der Waals surface area contributed by atoms with Crippen LogP contribution in [0.2, 0.25) is 0 Å². The highest BCUT2D eigenvalue weighted by Gasteiger charge is 2.22. The molecule has 1 aromatic rings. The summed E-state index contributed by atoms with van der Waals surface area (Å²) in [5.74, 6) is 1.50. The summed E-state index contributed by atoms with van der Waals surface area (Å²) in [5.41, 5.74) is 2.15. The van der Waals surface area contributed by atoms with Crippen molar-refractivity contribution >= 4 is 0 Å². The van der Waals surface area contributed by atoms with E-state index in [0.29, 0.717) is 5.92 Å². The predicted octanol–water partition coefficient (Wildman–Crippen LogP) is 2.39. The van der Waals surface area contributed by atoms with Crippen LogP contribution < -0.4 is 10.1 Å². The summed E-state index contributed by atoms with van der Waals surface area (Å²) in [6.45, 7) is 11.6. The van der Waals surface area contributed by atoms with Gasteiger partial charge in [0.1, 0.15) is 5.75 Å². The lowest BCUT2D eigenvalue weighted by Crippen LogP contribution is -2.45. The molecule has 4 heteroatoms. The molecule has 22 heavy (non-hydrogen) atoms. The predicted molar refractivity (Wildman–Crippen MR) is 90.5 cm³/mol. The van der Waals surface area contributed by atoms with Crippen LogP contribution in [0.25, 0.3) is 0 Å². The molecule has 0 radical (unpaired) electrons. The quantitative estimate of drug-likeness (QED) is 0.847. The lowest BCUT2D eigenvalue weighted by molar-refractivity contribution is 0.0841. The molecule has 0 aliphatic carbocycles. The number of aliphatic hydroxyl groups excluding tert-OH is 1. The van der Waals surface area contributed by atoms with Gasteiger partial charge in [0.2, 0.25) is 0 Å². The van der Waals surface area contributed by atoms with E-state index in [1.807, 2.05) is 12.1 Å². The first-order chi connectivity index (χ1) is 10.5. The van der Waals surface area contributed by atoms with Crippen molar-refractivity contribution in [3.05, 3.63) is 29.3 Å². The van der Waals surface area contributed by atoms with E-state index in [-0.39, 0.29) is 5.92 Å². The van der Waals surface area contributed by atoms with Crippen LogP contribution in [0.1, 0.15) is 43.9 Å². The van der Waals surface area contributed by atoms with Crippen molar-refractivity contribution in [1.29, 1.82) is 0 Å². The van der Waals surface area contributed by atoms with E-state index in [1.54, 1.807) is 7.11 Å². The van der Waals surface area contributed by atoms with Gasteiger partial charge in [0, 0.05) is 32.7 Å². The molecule has 124 valence electrons. The Kier molecular flexibility index (Phi) is 6.24. The molecule has 0 bridgehead atoms. The van der Waals surface area contributed by atoms with Gasteiger partial charge in [-0.3, -0.25) is 0 Å². The Morgan fingerprint density at radius 2 is 1.91 bits per heavy atom. The van der Waals surface area contributed by atoms with E-state index < -0.39 is 6.10 Å². The molecule has 1 aromatic carbocycles. The summed E-state index contributed by atoms with van der Waals surface area (Å²) in [6.07, 6.45) is -0.432. The Balaban J connectivity index is 2.07. The van der Waals surface area contributed by atoms with Crippen LogP contribution in [0, 0.1) is 5.92 Å². The normalized spacial score (nSPS) is 19.2. The van der Waals surface area contributed by atoms with Crippen LogP contribution >= 0.6 is 0 Å². The second-order valence-electron chi connectivity index (χ2n) is 6.63. The van der Waals surface area contributed by atoms with Crippen molar-refractivity contribution in [3.8, 4) is 5.75 Å². The number of nitrogens with zero attached hydrogens (tertiary/aromatic N) is 1. The Bertz CT molecular complexity index is 470. The van der Waals surface area contributed by atoms with Gasteiger partial charge >= 0.3 is 0 Å². The fraction of sp³-hybridized carbons (Fsp3) is 0.667. The molecule has 4 nitrogen and oxygen atoms in total. The van der Waals surface area contributed by atoms with E-state index in [9.17, 15) is 5.11 Å². The SMILES string of the molecule is COc1ccc(C(O)C(C)CN2CCNCC2)cc1C(C)C. The van der Waals surface area contributed by atoms with Gasteiger partial charge in [0.05, 0.1) is 13.2 Å². The number of ether oxygens (including phenoxy) is 1. The third kappa shape index (κ3) is 4.22. The lowest BCUT2D eigenvalue weighted by Gasteiger charge is -2.31. The highest BCUT2D eigenvalue weighted by Crippen LogP contribution is 2.31.